The van der Waals surface area contributed by atoms with Crippen LogP contribution in [0.1, 0.15) is 10.4 Å². The maximum atomic E-state index is 12.8. The van der Waals surface area contributed by atoms with E-state index >= 15 is 0 Å². The first-order valence-electron chi connectivity index (χ1n) is 7.93. The fourth-order valence-corrected chi connectivity index (χ4v) is 4.59. The van der Waals surface area contributed by atoms with E-state index in [9.17, 15) is 14.7 Å². The highest BCUT2D eigenvalue weighted by Gasteiger charge is 2.34. The number of aromatic hydroxyl groups is 1. The number of H-pyrrole nitrogens is 1. The first-order valence-corrected chi connectivity index (χ1v) is 9.91. The van der Waals surface area contributed by atoms with Gasteiger partial charge in [0.25, 0.3) is 5.91 Å². The number of aromatic amines is 1. The molecule has 0 saturated carbocycles. The number of allylic oxidation sites excluding steroid dienone is 1. The fourth-order valence-electron chi connectivity index (χ4n) is 2.84. The van der Waals surface area contributed by atoms with Crippen molar-refractivity contribution in [3.8, 4) is 5.75 Å². The van der Waals surface area contributed by atoms with E-state index in [4.69, 9.17) is 35.4 Å². The Bertz CT molecular complexity index is 1180. The minimum atomic E-state index is -0.457. The van der Waals surface area contributed by atoms with Crippen LogP contribution in [0.4, 0.5) is 5.69 Å². The van der Waals surface area contributed by atoms with E-state index in [1.165, 1.54) is 23.1 Å². The van der Waals surface area contributed by atoms with Gasteiger partial charge in [0.15, 0.2) is 15.9 Å². The van der Waals surface area contributed by atoms with Gasteiger partial charge < -0.3 is 10.1 Å². The first kappa shape index (κ1) is 19.0. The number of nitrogens with zero attached hydrogens (tertiary/aromatic N) is 1. The Morgan fingerprint density at radius 1 is 1.21 bits per heavy atom. The zero-order valence-corrected chi connectivity index (χ0v) is 17.0. The van der Waals surface area contributed by atoms with Gasteiger partial charge in [-0.25, -0.2) is 0 Å². The van der Waals surface area contributed by atoms with Crippen molar-refractivity contribution < 1.29 is 14.7 Å². The van der Waals surface area contributed by atoms with Crippen LogP contribution in [0.2, 0.25) is 10.0 Å². The second-order valence-corrected chi connectivity index (χ2v) is 8.38. The Labute approximate surface area is 178 Å². The van der Waals surface area contributed by atoms with Crippen molar-refractivity contribution in [2.75, 3.05) is 4.90 Å². The van der Waals surface area contributed by atoms with E-state index in [1.54, 1.807) is 6.20 Å². The second kappa shape index (κ2) is 7.25. The first-order chi connectivity index (χ1) is 13.4. The van der Waals surface area contributed by atoms with E-state index in [-0.39, 0.29) is 30.8 Å². The zero-order chi connectivity index (χ0) is 20.0. The third-order valence-electron chi connectivity index (χ3n) is 4.17. The molecule has 3 aromatic rings. The van der Waals surface area contributed by atoms with Crippen LogP contribution >= 0.6 is 47.2 Å². The number of thioether (sulfide) groups is 1. The number of carbonyl (C=O) groups excluding carboxylic acids is 2. The summed E-state index contributed by atoms with van der Waals surface area (Å²) in [7, 11) is 0. The number of anilines is 1. The molecule has 0 bridgehead atoms. The highest BCUT2D eigenvalue weighted by atomic mass is 35.5. The topological polar surface area (TPSA) is 73.4 Å². The molecule has 1 aliphatic heterocycles. The number of carbonyl (C=O) groups is 2. The van der Waals surface area contributed by atoms with Crippen LogP contribution in [0.5, 0.6) is 5.75 Å². The lowest BCUT2D eigenvalue weighted by molar-refractivity contribution is -0.113. The van der Waals surface area contributed by atoms with Crippen LogP contribution in [0.3, 0.4) is 0 Å². The lowest BCUT2D eigenvalue weighted by atomic mass is 10.1. The molecule has 2 heterocycles. The third-order valence-corrected chi connectivity index (χ3v) is 6.05. The van der Waals surface area contributed by atoms with Crippen molar-refractivity contribution in [3.63, 3.8) is 0 Å². The molecule has 2 N–H and O–H groups in total. The van der Waals surface area contributed by atoms with Crippen molar-refractivity contribution in [2.24, 2.45) is 0 Å². The van der Waals surface area contributed by atoms with Crippen molar-refractivity contribution in [2.45, 2.75) is 0 Å². The number of para-hydroxylation sites is 1. The SMILES string of the molecule is O=C(/C=C1\SC(=S)N(c2cc(Cl)c(O)c(Cl)c2)C1=O)c1c[nH]c2ccccc12. The molecule has 28 heavy (non-hydrogen) atoms. The van der Waals surface area contributed by atoms with E-state index in [0.29, 0.717) is 11.3 Å². The zero-order valence-electron chi connectivity index (χ0n) is 13.9. The summed E-state index contributed by atoms with van der Waals surface area (Å²) in [6, 6.07) is 10.2. The number of hydrogen-bond acceptors (Lipinski definition) is 5. The molecule has 2 aromatic carbocycles. The number of rotatable bonds is 3. The van der Waals surface area contributed by atoms with Gasteiger partial charge in [-0.2, -0.15) is 0 Å². The summed E-state index contributed by atoms with van der Waals surface area (Å²) in [4.78, 5) is 30.0. The summed E-state index contributed by atoms with van der Waals surface area (Å²) in [5.74, 6) is -1.04. The number of aromatic nitrogens is 1. The van der Waals surface area contributed by atoms with E-state index < -0.39 is 5.91 Å². The van der Waals surface area contributed by atoms with E-state index in [0.717, 1.165) is 22.7 Å². The Morgan fingerprint density at radius 2 is 1.89 bits per heavy atom. The van der Waals surface area contributed by atoms with Crippen molar-refractivity contribution in [3.05, 3.63) is 69.2 Å². The maximum Gasteiger partial charge on any atom is 0.270 e. The molecule has 9 heteroatoms. The highest BCUT2D eigenvalue weighted by Crippen LogP contribution is 2.41. The number of amides is 1. The largest absolute Gasteiger partial charge is 0.505 e. The molecule has 5 nitrogen and oxygen atoms in total. The van der Waals surface area contributed by atoms with Gasteiger partial charge in [0.2, 0.25) is 0 Å². The average molecular weight is 449 g/mol. The molecule has 4 rings (SSSR count). The summed E-state index contributed by atoms with van der Waals surface area (Å²) >= 11 is 18.2. The number of fused-ring (bicyclic) bond motifs is 1. The van der Waals surface area contributed by atoms with Crippen LogP contribution in [-0.4, -0.2) is 26.1 Å². The van der Waals surface area contributed by atoms with Gasteiger partial charge in [-0.15, -0.1) is 0 Å². The normalized spacial score (nSPS) is 15.8. The van der Waals surface area contributed by atoms with E-state index in [2.05, 4.69) is 4.98 Å². The molecule has 1 aromatic heterocycles. The summed E-state index contributed by atoms with van der Waals surface area (Å²) in [6.45, 7) is 0. The molecule has 1 fully saturated rings. The number of hydrogen-bond donors (Lipinski definition) is 2. The van der Waals surface area contributed by atoms with Crippen LogP contribution in [0.15, 0.2) is 53.6 Å². The molecule has 0 spiro atoms. The monoisotopic (exact) mass is 448 g/mol. The minimum absolute atomic E-state index is 0.00426. The van der Waals surface area contributed by atoms with Gasteiger partial charge in [0.05, 0.1) is 20.6 Å². The van der Waals surface area contributed by atoms with Gasteiger partial charge in [0, 0.05) is 28.7 Å². The predicted octanol–water partition coefficient (Wildman–Crippen LogP) is 5.31. The minimum Gasteiger partial charge on any atom is -0.505 e. The number of nitrogens with one attached hydrogen (secondary N) is 1. The van der Waals surface area contributed by atoms with Crippen LogP contribution < -0.4 is 4.90 Å². The Hall–Kier alpha value is -2.32. The lowest BCUT2D eigenvalue weighted by Gasteiger charge is -2.15. The van der Waals surface area contributed by atoms with Crippen molar-refractivity contribution >= 4 is 79.8 Å². The molecule has 1 amide bonds. The molecular weight excluding hydrogens is 439 g/mol. The summed E-state index contributed by atoms with van der Waals surface area (Å²) < 4.78 is 0.237. The molecule has 0 aliphatic carbocycles. The highest BCUT2D eigenvalue weighted by molar-refractivity contribution is 8.27. The van der Waals surface area contributed by atoms with Crippen LogP contribution in [0.25, 0.3) is 10.9 Å². The molecule has 0 radical (unpaired) electrons. The van der Waals surface area contributed by atoms with Gasteiger partial charge in [-0.3, -0.25) is 14.5 Å². The number of halogens is 2. The fraction of sp³-hybridized carbons (Fsp3) is 0. The number of phenolic OH excluding ortho intramolecular Hbond substituents is 1. The lowest BCUT2D eigenvalue weighted by Crippen LogP contribution is -2.27. The number of ketones is 1. The smallest absolute Gasteiger partial charge is 0.270 e. The standard InChI is InChI=1S/C19H10Cl2N2O3S2/c20-12-5-9(6-13(21)17(12)25)23-18(26)16(28-19(23)27)7-15(24)11-8-22-14-4-2-1-3-10(11)14/h1-8,22,25H/b16-7-. The number of phenols is 1. The molecular formula is C19H10Cl2N2O3S2. The molecule has 1 aliphatic rings. The average Bonchev–Trinajstić information content (AvgIpc) is 3.20. The predicted molar refractivity (Wildman–Crippen MR) is 117 cm³/mol. The Balaban J connectivity index is 1.68. The van der Waals surface area contributed by atoms with Crippen LogP contribution in [-0.2, 0) is 4.79 Å². The van der Waals surface area contributed by atoms with Gasteiger partial charge >= 0.3 is 0 Å². The molecule has 0 atom stereocenters. The van der Waals surface area contributed by atoms with Gasteiger partial charge in [-0.1, -0.05) is 65.4 Å². The van der Waals surface area contributed by atoms with Crippen molar-refractivity contribution in [1.82, 2.24) is 4.98 Å². The molecule has 0 unspecified atom stereocenters. The number of thiocarbonyl (C=S) groups is 1. The quantitative estimate of drug-likeness (QED) is 0.322. The van der Waals surface area contributed by atoms with E-state index in [1.807, 2.05) is 24.3 Å². The third kappa shape index (κ3) is 3.20. The molecule has 140 valence electrons. The maximum absolute atomic E-state index is 12.8. The number of benzene rings is 2. The molecule has 1 saturated heterocycles. The second-order valence-electron chi connectivity index (χ2n) is 5.89. The Kier molecular flexibility index (Phi) is 4.93. The van der Waals surface area contributed by atoms with Gasteiger partial charge in [-0.05, 0) is 18.2 Å². The summed E-state index contributed by atoms with van der Waals surface area (Å²) in [5.41, 5.74) is 1.62. The Morgan fingerprint density at radius 3 is 2.61 bits per heavy atom. The van der Waals surface area contributed by atoms with Crippen LogP contribution in [0, 0.1) is 0 Å². The summed E-state index contributed by atoms with van der Waals surface area (Å²) in [5, 5.41) is 10.5. The van der Waals surface area contributed by atoms with Crippen molar-refractivity contribution in [1.29, 1.82) is 0 Å². The summed E-state index contributed by atoms with van der Waals surface area (Å²) in [6.07, 6.45) is 2.89. The van der Waals surface area contributed by atoms with Gasteiger partial charge in [0.1, 0.15) is 0 Å².